The van der Waals surface area contributed by atoms with Gasteiger partial charge < -0.3 is 9.47 Å². The maximum absolute atomic E-state index is 5.26. The van der Waals surface area contributed by atoms with Gasteiger partial charge in [-0.1, -0.05) is 31.9 Å². The van der Waals surface area contributed by atoms with Crippen LogP contribution < -0.4 is 9.47 Å². The van der Waals surface area contributed by atoms with Crippen molar-refractivity contribution in [3.8, 4) is 11.6 Å². The van der Waals surface area contributed by atoms with Gasteiger partial charge in [0.1, 0.15) is 12.1 Å². The maximum atomic E-state index is 5.26. The first-order valence-corrected chi connectivity index (χ1v) is 7.67. The zero-order chi connectivity index (χ0) is 14.5. The third-order valence-electron chi connectivity index (χ3n) is 2.84. The van der Waals surface area contributed by atoms with E-state index in [0.717, 1.165) is 27.9 Å². The van der Waals surface area contributed by atoms with E-state index in [9.17, 15) is 0 Å². The Kier molecular flexibility index (Phi) is 5.37. The van der Waals surface area contributed by atoms with Gasteiger partial charge in [-0.05, 0) is 23.8 Å². The van der Waals surface area contributed by atoms with Crippen LogP contribution in [0.4, 0.5) is 0 Å². The van der Waals surface area contributed by atoms with Crippen LogP contribution in [0.15, 0.2) is 35.1 Å². The van der Waals surface area contributed by atoms with Crippen molar-refractivity contribution in [2.24, 2.45) is 0 Å². The fourth-order valence-corrected chi connectivity index (χ4v) is 3.32. The lowest BCUT2D eigenvalue weighted by molar-refractivity contribution is 0.396. The normalized spacial score (nSPS) is 12.0. The molecule has 1 aromatic carbocycles. The van der Waals surface area contributed by atoms with Crippen LogP contribution >= 0.6 is 31.9 Å². The van der Waals surface area contributed by atoms with Gasteiger partial charge in [-0.2, -0.15) is 0 Å². The number of rotatable bonds is 5. The second-order valence-electron chi connectivity index (χ2n) is 4.11. The third kappa shape index (κ3) is 3.70. The summed E-state index contributed by atoms with van der Waals surface area (Å²) in [6, 6.07) is 7.73. The lowest BCUT2D eigenvalue weighted by atomic mass is 10.1. The maximum Gasteiger partial charge on any atom is 0.216 e. The molecule has 0 N–H and O–H groups in total. The highest BCUT2D eigenvalue weighted by Crippen LogP contribution is 2.34. The summed E-state index contributed by atoms with van der Waals surface area (Å²) in [6.07, 6.45) is 2.24. The molecule has 0 spiro atoms. The Balaban J connectivity index is 2.20. The third-order valence-corrected chi connectivity index (χ3v) is 4.38. The quantitative estimate of drug-likeness (QED) is 0.712. The number of halogens is 2. The van der Waals surface area contributed by atoms with Crippen LogP contribution in [0.1, 0.15) is 16.1 Å². The molecule has 0 bridgehead atoms. The van der Waals surface area contributed by atoms with Crippen LogP contribution in [0.25, 0.3) is 0 Å². The molecule has 0 radical (unpaired) electrons. The summed E-state index contributed by atoms with van der Waals surface area (Å²) < 4.78 is 11.4. The number of nitrogens with zero attached hydrogens (tertiary/aromatic N) is 2. The highest BCUT2D eigenvalue weighted by Gasteiger charge is 2.14. The summed E-state index contributed by atoms with van der Waals surface area (Å²) in [7, 11) is 3.25. The van der Waals surface area contributed by atoms with E-state index < -0.39 is 0 Å². The van der Waals surface area contributed by atoms with Gasteiger partial charge in [-0.3, -0.25) is 0 Å². The average molecular weight is 402 g/mol. The molecule has 0 saturated carbocycles. The highest BCUT2D eigenvalue weighted by molar-refractivity contribution is 9.11. The van der Waals surface area contributed by atoms with Crippen molar-refractivity contribution in [3.05, 3.63) is 46.3 Å². The Labute approximate surface area is 134 Å². The Morgan fingerprint density at radius 1 is 1.15 bits per heavy atom. The van der Waals surface area contributed by atoms with Crippen molar-refractivity contribution in [2.75, 3.05) is 14.2 Å². The van der Waals surface area contributed by atoms with Crippen LogP contribution in [0.2, 0.25) is 0 Å². The number of methoxy groups -OCH3 is 2. The van der Waals surface area contributed by atoms with Crippen LogP contribution in [0, 0.1) is 0 Å². The van der Waals surface area contributed by atoms with Crippen molar-refractivity contribution in [2.45, 2.75) is 11.2 Å². The van der Waals surface area contributed by atoms with Crippen molar-refractivity contribution in [1.82, 2.24) is 9.97 Å². The van der Waals surface area contributed by atoms with Crippen LogP contribution in [0.3, 0.4) is 0 Å². The molecule has 4 nitrogen and oxygen atoms in total. The van der Waals surface area contributed by atoms with Gasteiger partial charge in [-0.15, -0.1) is 0 Å². The van der Waals surface area contributed by atoms with E-state index in [1.165, 1.54) is 6.33 Å². The molecule has 2 aromatic rings. The zero-order valence-electron chi connectivity index (χ0n) is 11.1. The molecule has 1 unspecified atom stereocenters. The summed E-state index contributed by atoms with van der Waals surface area (Å²) in [5.74, 6) is 1.40. The lowest BCUT2D eigenvalue weighted by Gasteiger charge is -2.13. The minimum Gasteiger partial charge on any atom is -0.497 e. The van der Waals surface area contributed by atoms with E-state index >= 15 is 0 Å². The van der Waals surface area contributed by atoms with Gasteiger partial charge in [0.15, 0.2) is 0 Å². The van der Waals surface area contributed by atoms with E-state index in [2.05, 4.69) is 41.8 Å². The van der Waals surface area contributed by atoms with Crippen LogP contribution in [-0.2, 0) is 6.42 Å². The number of ether oxygens (including phenoxy) is 2. The molecule has 0 aliphatic rings. The Hall–Kier alpha value is -1.14. The van der Waals surface area contributed by atoms with E-state index in [4.69, 9.17) is 9.47 Å². The van der Waals surface area contributed by atoms with Crippen molar-refractivity contribution < 1.29 is 9.47 Å². The number of hydrogen-bond donors (Lipinski definition) is 0. The van der Waals surface area contributed by atoms with Gasteiger partial charge in [0.05, 0.1) is 14.2 Å². The molecule has 1 heterocycles. The Morgan fingerprint density at radius 3 is 2.65 bits per heavy atom. The van der Waals surface area contributed by atoms with E-state index in [0.29, 0.717) is 5.88 Å². The topological polar surface area (TPSA) is 44.2 Å². The Morgan fingerprint density at radius 2 is 1.95 bits per heavy atom. The second-order valence-corrected chi connectivity index (χ2v) is 6.07. The van der Waals surface area contributed by atoms with Crippen LogP contribution in [-0.4, -0.2) is 24.2 Å². The number of benzene rings is 1. The first-order valence-electron chi connectivity index (χ1n) is 5.96. The minimum atomic E-state index is 0.117. The smallest absolute Gasteiger partial charge is 0.216 e. The molecule has 2 rings (SSSR count). The predicted molar refractivity (Wildman–Crippen MR) is 84.7 cm³/mol. The highest BCUT2D eigenvalue weighted by atomic mass is 79.9. The molecule has 106 valence electrons. The molecule has 20 heavy (non-hydrogen) atoms. The lowest BCUT2D eigenvalue weighted by Crippen LogP contribution is -2.01. The zero-order valence-corrected chi connectivity index (χ0v) is 14.3. The molecule has 0 aliphatic carbocycles. The first-order chi connectivity index (χ1) is 9.63. The molecule has 0 fully saturated rings. The fraction of sp³-hybridized carbons (Fsp3) is 0.286. The molecule has 0 aliphatic heterocycles. The predicted octanol–water partition coefficient (Wildman–Crippen LogP) is 3.94. The average Bonchev–Trinajstić information content (AvgIpc) is 2.47. The molecule has 0 amide bonds. The summed E-state index contributed by atoms with van der Waals surface area (Å²) in [5, 5.41) is 0. The molecular formula is C14H14Br2N2O2. The van der Waals surface area contributed by atoms with Crippen LogP contribution in [0.5, 0.6) is 11.6 Å². The minimum absolute atomic E-state index is 0.117. The van der Waals surface area contributed by atoms with Gasteiger partial charge in [0, 0.05) is 27.5 Å². The van der Waals surface area contributed by atoms with Crippen molar-refractivity contribution in [3.63, 3.8) is 0 Å². The summed E-state index contributed by atoms with van der Waals surface area (Å²) in [5.41, 5.74) is 2.02. The van der Waals surface area contributed by atoms with Crippen molar-refractivity contribution >= 4 is 31.9 Å². The monoisotopic (exact) mass is 400 g/mol. The standard InChI is InChI=1S/C14H14Br2N2O2/c1-19-10-3-4-12(15)11(7-10)13(16)5-9-6-14(20-2)18-8-17-9/h3-4,6-8,13H,5H2,1-2H3. The van der Waals surface area contributed by atoms with E-state index in [1.807, 2.05) is 24.3 Å². The fourth-order valence-electron chi connectivity index (χ4n) is 1.78. The summed E-state index contributed by atoms with van der Waals surface area (Å²) in [4.78, 5) is 8.38. The largest absolute Gasteiger partial charge is 0.497 e. The molecule has 1 aromatic heterocycles. The van der Waals surface area contributed by atoms with E-state index in [-0.39, 0.29) is 4.83 Å². The summed E-state index contributed by atoms with van der Waals surface area (Å²) >= 11 is 7.26. The number of hydrogen-bond acceptors (Lipinski definition) is 4. The number of alkyl halides is 1. The summed E-state index contributed by atoms with van der Waals surface area (Å²) in [6.45, 7) is 0. The molecule has 6 heteroatoms. The Bertz CT molecular complexity index is 593. The second kappa shape index (κ2) is 7.04. The number of aromatic nitrogens is 2. The van der Waals surface area contributed by atoms with Gasteiger partial charge in [-0.25, -0.2) is 9.97 Å². The van der Waals surface area contributed by atoms with Gasteiger partial charge in [0.2, 0.25) is 5.88 Å². The SMILES string of the molecule is COc1ccc(Br)c(C(Br)Cc2cc(OC)ncn2)c1. The van der Waals surface area contributed by atoms with E-state index in [1.54, 1.807) is 14.2 Å². The molecular weight excluding hydrogens is 388 g/mol. The van der Waals surface area contributed by atoms with Gasteiger partial charge in [0.25, 0.3) is 0 Å². The first kappa shape index (κ1) is 15.3. The van der Waals surface area contributed by atoms with Crippen molar-refractivity contribution in [1.29, 1.82) is 0 Å². The van der Waals surface area contributed by atoms with Gasteiger partial charge >= 0.3 is 0 Å². The molecule has 0 saturated heterocycles. The molecule has 1 atom stereocenters.